The van der Waals surface area contributed by atoms with Gasteiger partial charge in [0.15, 0.2) is 0 Å². The first-order valence-electron chi connectivity index (χ1n) is 3.33. The minimum Gasteiger partial charge on any atom is -0.296 e. The van der Waals surface area contributed by atoms with Crippen molar-refractivity contribution >= 4 is 22.6 Å². The predicted molar refractivity (Wildman–Crippen MR) is 47.9 cm³/mol. The maximum Gasteiger partial charge on any atom is 0.334 e. The molecular weight excluding hydrogens is 190 g/mol. The maximum atomic E-state index is 10.8. The van der Waals surface area contributed by atoms with Crippen LogP contribution < -0.4 is 16.6 Å². The van der Waals surface area contributed by atoms with E-state index in [9.17, 15) is 4.79 Å². The molecule has 1 rings (SSSR count). The molecule has 0 bridgehead atoms. The van der Waals surface area contributed by atoms with Gasteiger partial charge in [0.05, 0.1) is 5.69 Å². The van der Waals surface area contributed by atoms with E-state index in [1.165, 1.54) is 0 Å². The van der Waals surface area contributed by atoms with Crippen molar-refractivity contribution in [1.82, 2.24) is 9.80 Å². The number of carbonyl (C=O) groups excluding carboxylic acids is 1. The largest absolute Gasteiger partial charge is 0.334 e. The summed E-state index contributed by atoms with van der Waals surface area (Å²) >= 11 is 1.04. The van der Waals surface area contributed by atoms with Gasteiger partial charge in [-0.15, -0.1) is 0 Å². The monoisotopic (exact) mass is 197 g/mol. The Kier molecular flexibility index (Phi) is 2.79. The zero-order valence-electron chi connectivity index (χ0n) is 6.79. The van der Waals surface area contributed by atoms with Crippen molar-refractivity contribution in [3.05, 3.63) is 11.3 Å². The molecule has 0 aliphatic heterocycles. The second-order valence-electron chi connectivity index (χ2n) is 2.18. The van der Waals surface area contributed by atoms with Crippen LogP contribution in [0.1, 0.15) is 11.3 Å². The summed E-state index contributed by atoms with van der Waals surface area (Å²) in [5.74, 6) is 4.86. The second kappa shape index (κ2) is 3.84. The molecule has 0 aromatic carbocycles. The molecule has 6 nitrogen and oxygen atoms in total. The number of carbonyl (C=O) groups is 1. The molecule has 0 spiro atoms. The Morgan fingerprint density at radius 2 is 2.46 bits per heavy atom. The number of nitriles is 1. The Labute approximate surface area is 78.5 Å². The summed E-state index contributed by atoms with van der Waals surface area (Å²) in [6.45, 7) is 1.70. The van der Waals surface area contributed by atoms with E-state index in [1.54, 1.807) is 6.92 Å². The van der Waals surface area contributed by atoms with Crippen LogP contribution in [0.2, 0.25) is 0 Å². The molecule has 1 heterocycles. The van der Waals surface area contributed by atoms with Crippen molar-refractivity contribution in [3.63, 3.8) is 0 Å². The van der Waals surface area contributed by atoms with Gasteiger partial charge in [-0.05, 0) is 18.5 Å². The Balaban J connectivity index is 2.90. The third-order valence-corrected chi connectivity index (χ3v) is 2.19. The molecule has 4 N–H and O–H groups in total. The fourth-order valence-corrected chi connectivity index (χ4v) is 1.47. The van der Waals surface area contributed by atoms with Crippen LogP contribution in [0.4, 0.5) is 9.80 Å². The highest BCUT2D eigenvalue weighted by atomic mass is 32.1. The van der Waals surface area contributed by atoms with Gasteiger partial charge in [-0.3, -0.25) is 10.7 Å². The SMILES string of the molecule is Cc1nsc(NC(=O)NN)c1C#N. The molecule has 0 fully saturated rings. The molecule has 0 radical (unpaired) electrons. The molecule has 0 saturated carbocycles. The van der Waals surface area contributed by atoms with Gasteiger partial charge in [0, 0.05) is 0 Å². The summed E-state index contributed by atoms with van der Waals surface area (Å²) < 4.78 is 3.91. The number of hydrogen-bond acceptors (Lipinski definition) is 5. The standard InChI is InChI=1S/C6H7N5OS/c1-3-4(2-7)5(13-11-3)9-6(12)10-8/h8H2,1H3,(H2,9,10,12). The van der Waals surface area contributed by atoms with Crippen molar-refractivity contribution < 1.29 is 4.79 Å². The summed E-state index contributed by atoms with van der Waals surface area (Å²) in [4.78, 5) is 10.8. The predicted octanol–water partition coefficient (Wildman–Crippen LogP) is 0.318. The lowest BCUT2D eigenvalue weighted by Crippen LogP contribution is -2.34. The molecule has 0 atom stereocenters. The van der Waals surface area contributed by atoms with Crippen molar-refractivity contribution in [2.75, 3.05) is 5.32 Å². The van der Waals surface area contributed by atoms with E-state index >= 15 is 0 Å². The van der Waals surface area contributed by atoms with E-state index in [0.717, 1.165) is 11.5 Å². The highest BCUT2D eigenvalue weighted by Gasteiger charge is 2.11. The quantitative estimate of drug-likeness (QED) is 0.342. The first-order chi connectivity index (χ1) is 6.19. The summed E-state index contributed by atoms with van der Waals surface area (Å²) in [7, 11) is 0. The molecule has 0 unspecified atom stereocenters. The summed E-state index contributed by atoms with van der Waals surface area (Å²) in [5.41, 5.74) is 2.86. The van der Waals surface area contributed by atoms with E-state index in [4.69, 9.17) is 11.1 Å². The first-order valence-corrected chi connectivity index (χ1v) is 4.10. The van der Waals surface area contributed by atoms with E-state index in [-0.39, 0.29) is 0 Å². The Morgan fingerprint density at radius 3 is 3.00 bits per heavy atom. The Morgan fingerprint density at radius 1 is 1.77 bits per heavy atom. The molecule has 13 heavy (non-hydrogen) atoms. The lowest BCUT2D eigenvalue weighted by atomic mass is 10.3. The van der Waals surface area contributed by atoms with Crippen LogP contribution in [-0.2, 0) is 0 Å². The maximum absolute atomic E-state index is 10.8. The number of hydrazine groups is 1. The number of rotatable bonds is 1. The van der Waals surface area contributed by atoms with Crippen LogP contribution in [0.3, 0.4) is 0 Å². The normalized spacial score (nSPS) is 9.00. The van der Waals surface area contributed by atoms with Gasteiger partial charge in [-0.1, -0.05) is 0 Å². The number of nitrogens with two attached hydrogens (primary N) is 1. The average molecular weight is 197 g/mol. The van der Waals surface area contributed by atoms with Gasteiger partial charge < -0.3 is 0 Å². The van der Waals surface area contributed by atoms with Gasteiger partial charge in [0.1, 0.15) is 16.6 Å². The molecule has 0 aliphatic rings. The molecule has 0 saturated heterocycles. The van der Waals surface area contributed by atoms with Crippen molar-refractivity contribution in [1.29, 1.82) is 5.26 Å². The van der Waals surface area contributed by atoms with Crippen LogP contribution >= 0.6 is 11.5 Å². The van der Waals surface area contributed by atoms with Gasteiger partial charge in [0.2, 0.25) is 0 Å². The third kappa shape index (κ3) is 1.93. The van der Waals surface area contributed by atoms with Crippen LogP contribution in [0, 0.1) is 18.3 Å². The highest BCUT2D eigenvalue weighted by molar-refractivity contribution is 7.10. The third-order valence-electron chi connectivity index (χ3n) is 1.33. The number of hydrogen-bond donors (Lipinski definition) is 3. The number of aromatic nitrogens is 1. The van der Waals surface area contributed by atoms with Crippen molar-refractivity contribution in [2.24, 2.45) is 5.84 Å². The van der Waals surface area contributed by atoms with Crippen LogP contribution in [-0.4, -0.2) is 10.4 Å². The van der Waals surface area contributed by atoms with Gasteiger partial charge >= 0.3 is 6.03 Å². The fourth-order valence-electron chi connectivity index (χ4n) is 0.726. The van der Waals surface area contributed by atoms with Gasteiger partial charge in [-0.25, -0.2) is 10.6 Å². The molecule has 1 aromatic rings. The smallest absolute Gasteiger partial charge is 0.296 e. The molecule has 1 aromatic heterocycles. The fraction of sp³-hybridized carbons (Fsp3) is 0.167. The van der Waals surface area contributed by atoms with Crippen LogP contribution in [0.5, 0.6) is 0 Å². The second-order valence-corrected chi connectivity index (χ2v) is 2.96. The minimum absolute atomic E-state index is 0.369. The lowest BCUT2D eigenvalue weighted by Gasteiger charge is -1.99. The number of nitrogens with zero attached hydrogens (tertiary/aromatic N) is 2. The number of aryl methyl sites for hydroxylation is 1. The zero-order chi connectivity index (χ0) is 9.84. The summed E-state index contributed by atoms with van der Waals surface area (Å²) in [6.07, 6.45) is 0. The lowest BCUT2D eigenvalue weighted by molar-refractivity contribution is 0.252. The Hall–Kier alpha value is -1.65. The summed E-state index contributed by atoms with van der Waals surface area (Å²) in [6, 6.07) is 1.37. The molecular formula is C6H7N5OS. The summed E-state index contributed by atoms with van der Waals surface area (Å²) in [5, 5.41) is 11.5. The van der Waals surface area contributed by atoms with E-state index in [1.807, 2.05) is 11.5 Å². The average Bonchev–Trinajstić information content (AvgIpc) is 2.46. The van der Waals surface area contributed by atoms with Crippen LogP contribution in [0.15, 0.2) is 0 Å². The van der Waals surface area contributed by atoms with E-state index < -0.39 is 6.03 Å². The highest BCUT2D eigenvalue weighted by Crippen LogP contribution is 2.22. The number of anilines is 1. The molecule has 68 valence electrons. The number of nitrogens with one attached hydrogen (secondary N) is 2. The van der Waals surface area contributed by atoms with Crippen molar-refractivity contribution in [2.45, 2.75) is 6.92 Å². The van der Waals surface area contributed by atoms with E-state index in [0.29, 0.717) is 16.3 Å². The van der Waals surface area contributed by atoms with Crippen LogP contribution in [0.25, 0.3) is 0 Å². The minimum atomic E-state index is -0.569. The number of amides is 2. The topological polar surface area (TPSA) is 104 Å². The van der Waals surface area contributed by atoms with E-state index in [2.05, 4.69) is 9.69 Å². The molecule has 0 aliphatic carbocycles. The van der Waals surface area contributed by atoms with Gasteiger partial charge in [0.25, 0.3) is 0 Å². The first kappa shape index (κ1) is 9.44. The molecule has 7 heteroatoms. The zero-order valence-corrected chi connectivity index (χ0v) is 7.60. The van der Waals surface area contributed by atoms with Crippen molar-refractivity contribution in [3.8, 4) is 6.07 Å². The Bertz CT molecular complexity index is 366. The number of urea groups is 1. The van der Waals surface area contributed by atoms with Gasteiger partial charge in [-0.2, -0.15) is 9.64 Å². The molecule has 2 amide bonds.